The molecule has 0 spiro atoms. The smallest absolute Gasteiger partial charge is 0.123 e. The molecule has 2 heterocycles. The van der Waals surface area contributed by atoms with Gasteiger partial charge < -0.3 is 4.74 Å². The summed E-state index contributed by atoms with van der Waals surface area (Å²) in [7, 11) is 0. The molecule has 0 N–H and O–H groups in total. The maximum atomic E-state index is 13.2. The number of benzene rings is 1. The van der Waals surface area contributed by atoms with Crippen molar-refractivity contribution in [2.24, 2.45) is 0 Å². The summed E-state index contributed by atoms with van der Waals surface area (Å²) in [6.07, 6.45) is 2.69. The van der Waals surface area contributed by atoms with Crippen molar-refractivity contribution in [3.05, 3.63) is 47.0 Å². The van der Waals surface area contributed by atoms with Gasteiger partial charge in [-0.25, -0.2) is 4.39 Å². The molecule has 3 rings (SSSR count). The Bertz CT molecular complexity index is 621. The predicted molar refractivity (Wildman–Crippen MR) is 75.5 cm³/mol. The van der Waals surface area contributed by atoms with E-state index < -0.39 is 0 Å². The van der Waals surface area contributed by atoms with Crippen molar-refractivity contribution in [1.82, 2.24) is 9.78 Å². The average molecular weight is 274 g/mol. The second-order valence-corrected chi connectivity index (χ2v) is 5.21. The Hall–Kier alpha value is -1.84. The van der Waals surface area contributed by atoms with Crippen LogP contribution in [0.5, 0.6) is 5.75 Å². The van der Waals surface area contributed by atoms with Crippen molar-refractivity contribution < 1.29 is 9.13 Å². The molecule has 0 radical (unpaired) electrons. The fraction of sp³-hybridized carbons (Fsp3) is 0.438. The summed E-state index contributed by atoms with van der Waals surface area (Å²) in [6, 6.07) is 6.88. The molecule has 1 aliphatic heterocycles. The SMILES string of the molecule is CCc1cc(CC)n(CC2Cc3cc(F)ccc3O2)n1. The number of hydrogen-bond acceptors (Lipinski definition) is 2. The molecule has 4 heteroatoms. The summed E-state index contributed by atoms with van der Waals surface area (Å²) in [5.41, 5.74) is 3.30. The molecule has 2 aromatic rings. The molecule has 0 aliphatic carbocycles. The first-order chi connectivity index (χ1) is 9.69. The van der Waals surface area contributed by atoms with Crippen LogP contribution in [0.25, 0.3) is 0 Å². The van der Waals surface area contributed by atoms with Gasteiger partial charge in [0.25, 0.3) is 0 Å². The van der Waals surface area contributed by atoms with Gasteiger partial charge in [-0.15, -0.1) is 0 Å². The van der Waals surface area contributed by atoms with Crippen molar-refractivity contribution in [2.75, 3.05) is 0 Å². The fourth-order valence-electron chi connectivity index (χ4n) is 2.71. The molecule has 0 fully saturated rings. The zero-order valence-electron chi connectivity index (χ0n) is 11.9. The number of aromatic nitrogens is 2. The monoisotopic (exact) mass is 274 g/mol. The topological polar surface area (TPSA) is 27.1 Å². The molecule has 106 valence electrons. The highest BCUT2D eigenvalue weighted by atomic mass is 19.1. The Morgan fingerprint density at radius 2 is 2.15 bits per heavy atom. The summed E-state index contributed by atoms with van der Waals surface area (Å²) >= 11 is 0. The first-order valence-electron chi connectivity index (χ1n) is 7.20. The molecule has 0 saturated heterocycles. The summed E-state index contributed by atoms with van der Waals surface area (Å²) in [6.45, 7) is 4.96. The van der Waals surface area contributed by atoms with Gasteiger partial charge in [0.1, 0.15) is 17.7 Å². The van der Waals surface area contributed by atoms with Crippen molar-refractivity contribution in [3.63, 3.8) is 0 Å². The highest BCUT2D eigenvalue weighted by molar-refractivity contribution is 5.37. The number of hydrogen-bond donors (Lipinski definition) is 0. The molecule has 0 amide bonds. The lowest BCUT2D eigenvalue weighted by atomic mass is 10.1. The van der Waals surface area contributed by atoms with Gasteiger partial charge in [-0.05, 0) is 37.1 Å². The summed E-state index contributed by atoms with van der Waals surface area (Å²) in [4.78, 5) is 0. The predicted octanol–water partition coefficient (Wildman–Crippen LogP) is 3.15. The maximum absolute atomic E-state index is 13.2. The van der Waals surface area contributed by atoms with E-state index in [2.05, 4.69) is 25.0 Å². The van der Waals surface area contributed by atoms with Gasteiger partial charge in [0.2, 0.25) is 0 Å². The Kier molecular flexibility index (Phi) is 3.47. The Morgan fingerprint density at radius 1 is 1.30 bits per heavy atom. The quantitative estimate of drug-likeness (QED) is 0.856. The van der Waals surface area contributed by atoms with E-state index in [4.69, 9.17) is 4.74 Å². The highest BCUT2D eigenvalue weighted by Crippen LogP contribution is 2.30. The maximum Gasteiger partial charge on any atom is 0.123 e. The Balaban J connectivity index is 1.76. The minimum atomic E-state index is -0.199. The van der Waals surface area contributed by atoms with Crippen LogP contribution in [-0.4, -0.2) is 15.9 Å². The molecule has 1 aliphatic rings. The van der Waals surface area contributed by atoms with E-state index in [0.29, 0.717) is 0 Å². The summed E-state index contributed by atoms with van der Waals surface area (Å²) in [5, 5.41) is 4.61. The van der Waals surface area contributed by atoms with E-state index >= 15 is 0 Å². The van der Waals surface area contributed by atoms with Gasteiger partial charge in [0.15, 0.2) is 0 Å². The second-order valence-electron chi connectivity index (χ2n) is 5.21. The molecule has 0 bridgehead atoms. The van der Waals surface area contributed by atoms with Gasteiger partial charge >= 0.3 is 0 Å². The molecule has 0 saturated carbocycles. The Labute approximate surface area is 118 Å². The number of aryl methyl sites for hydroxylation is 2. The van der Waals surface area contributed by atoms with Gasteiger partial charge in [0, 0.05) is 17.7 Å². The van der Waals surface area contributed by atoms with Crippen LogP contribution in [0.4, 0.5) is 4.39 Å². The average Bonchev–Trinajstić information content (AvgIpc) is 3.01. The normalized spacial score (nSPS) is 17.1. The lowest BCUT2D eigenvalue weighted by Gasteiger charge is -2.12. The second kappa shape index (κ2) is 5.27. The molecular formula is C16H19FN2O. The number of rotatable bonds is 4. The number of halogens is 1. The zero-order valence-corrected chi connectivity index (χ0v) is 11.9. The molecule has 20 heavy (non-hydrogen) atoms. The van der Waals surface area contributed by atoms with E-state index in [1.807, 2.05) is 4.68 Å². The number of ether oxygens (including phenoxy) is 1. The van der Waals surface area contributed by atoms with Crippen LogP contribution in [0.2, 0.25) is 0 Å². The van der Waals surface area contributed by atoms with Crippen LogP contribution >= 0.6 is 0 Å². The van der Waals surface area contributed by atoms with Gasteiger partial charge in [-0.2, -0.15) is 5.10 Å². The van der Waals surface area contributed by atoms with E-state index in [-0.39, 0.29) is 11.9 Å². The van der Waals surface area contributed by atoms with Crippen LogP contribution in [0.1, 0.15) is 30.8 Å². The molecule has 3 nitrogen and oxygen atoms in total. The molecular weight excluding hydrogens is 255 g/mol. The van der Waals surface area contributed by atoms with Gasteiger partial charge in [-0.1, -0.05) is 13.8 Å². The zero-order chi connectivity index (χ0) is 14.1. The van der Waals surface area contributed by atoms with Crippen LogP contribution in [-0.2, 0) is 25.8 Å². The first-order valence-corrected chi connectivity index (χ1v) is 7.20. The fourth-order valence-corrected chi connectivity index (χ4v) is 2.71. The number of fused-ring (bicyclic) bond motifs is 1. The molecule has 1 unspecified atom stereocenters. The minimum Gasteiger partial charge on any atom is -0.488 e. The van der Waals surface area contributed by atoms with Crippen molar-refractivity contribution in [1.29, 1.82) is 0 Å². The van der Waals surface area contributed by atoms with Crippen LogP contribution in [0, 0.1) is 5.82 Å². The third-order valence-corrected chi connectivity index (χ3v) is 3.78. The summed E-state index contributed by atoms with van der Waals surface area (Å²) < 4.78 is 21.1. The van der Waals surface area contributed by atoms with Crippen LogP contribution in [0.3, 0.4) is 0 Å². The minimum absolute atomic E-state index is 0.0432. The molecule has 1 aromatic heterocycles. The van der Waals surface area contributed by atoms with E-state index in [9.17, 15) is 4.39 Å². The summed E-state index contributed by atoms with van der Waals surface area (Å²) in [5.74, 6) is 0.604. The van der Waals surface area contributed by atoms with Crippen LogP contribution < -0.4 is 4.74 Å². The number of nitrogens with zero attached hydrogens (tertiary/aromatic N) is 2. The largest absolute Gasteiger partial charge is 0.488 e. The molecule has 1 atom stereocenters. The van der Waals surface area contributed by atoms with E-state index in [1.165, 1.54) is 11.8 Å². The van der Waals surface area contributed by atoms with E-state index in [1.54, 1.807) is 12.1 Å². The first kappa shape index (κ1) is 13.2. The van der Waals surface area contributed by atoms with E-state index in [0.717, 1.165) is 42.8 Å². The van der Waals surface area contributed by atoms with Gasteiger partial charge in [0.05, 0.1) is 12.2 Å². The lowest BCUT2D eigenvalue weighted by Crippen LogP contribution is -2.22. The third kappa shape index (κ3) is 2.42. The van der Waals surface area contributed by atoms with Crippen molar-refractivity contribution in [3.8, 4) is 5.75 Å². The third-order valence-electron chi connectivity index (χ3n) is 3.78. The standard InChI is InChI=1S/C16H19FN2O/c1-3-13-9-14(4-2)19(18-13)10-15-8-11-7-12(17)5-6-16(11)20-15/h5-7,9,15H,3-4,8,10H2,1-2H3. The Morgan fingerprint density at radius 3 is 2.90 bits per heavy atom. The van der Waals surface area contributed by atoms with Crippen molar-refractivity contribution in [2.45, 2.75) is 45.8 Å². The van der Waals surface area contributed by atoms with Crippen molar-refractivity contribution >= 4 is 0 Å². The highest BCUT2D eigenvalue weighted by Gasteiger charge is 2.24. The lowest BCUT2D eigenvalue weighted by molar-refractivity contribution is 0.201. The van der Waals surface area contributed by atoms with Gasteiger partial charge in [-0.3, -0.25) is 4.68 Å². The van der Waals surface area contributed by atoms with Crippen LogP contribution in [0.15, 0.2) is 24.3 Å². The molecule has 1 aromatic carbocycles.